The predicted molar refractivity (Wildman–Crippen MR) is 70.9 cm³/mol. The molecule has 1 aliphatic rings. The van der Waals surface area contributed by atoms with Crippen LogP contribution in [0.15, 0.2) is 12.3 Å². The van der Waals surface area contributed by atoms with Gasteiger partial charge in [0.1, 0.15) is 0 Å². The molecule has 0 aromatic carbocycles. The maximum atomic E-state index is 10.0. The third-order valence-corrected chi connectivity index (χ3v) is 3.39. The number of hydrogen-bond acceptors (Lipinski definition) is 5. The number of nitrogens with zero attached hydrogens (tertiary/aromatic N) is 2. The Morgan fingerprint density at radius 1 is 1.50 bits per heavy atom. The van der Waals surface area contributed by atoms with Gasteiger partial charge in [0.05, 0.1) is 17.0 Å². The molecule has 1 saturated heterocycles. The first kappa shape index (κ1) is 13.3. The van der Waals surface area contributed by atoms with Crippen LogP contribution in [0.3, 0.4) is 0 Å². The Morgan fingerprint density at radius 3 is 2.72 bits per heavy atom. The fourth-order valence-electron chi connectivity index (χ4n) is 2.34. The molecule has 0 bridgehead atoms. The third kappa shape index (κ3) is 2.66. The van der Waals surface area contributed by atoms with Crippen molar-refractivity contribution in [1.82, 2.24) is 4.98 Å². The van der Waals surface area contributed by atoms with Crippen molar-refractivity contribution in [3.63, 3.8) is 0 Å². The lowest BCUT2D eigenvalue weighted by Crippen LogP contribution is -2.34. The molecule has 18 heavy (non-hydrogen) atoms. The van der Waals surface area contributed by atoms with Gasteiger partial charge in [0.2, 0.25) is 0 Å². The van der Waals surface area contributed by atoms with Crippen LogP contribution in [-0.4, -0.2) is 45.9 Å². The van der Waals surface area contributed by atoms with Gasteiger partial charge in [-0.3, -0.25) is 4.98 Å². The molecule has 6 heteroatoms. The first-order valence-electron chi connectivity index (χ1n) is 6.25. The zero-order valence-electron chi connectivity index (χ0n) is 10.8. The van der Waals surface area contributed by atoms with Crippen molar-refractivity contribution >= 4 is 18.3 Å². The van der Waals surface area contributed by atoms with Gasteiger partial charge in [0, 0.05) is 24.7 Å². The Bertz CT molecular complexity index is 437. The molecule has 1 atom stereocenters. The second-order valence-electron chi connectivity index (χ2n) is 5.13. The molecule has 0 unspecified atom stereocenters. The predicted octanol–water partition coefficient (Wildman–Crippen LogP) is -0.715. The van der Waals surface area contributed by atoms with E-state index in [1.165, 1.54) is 6.20 Å². The Balaban J connectivity index is 2.33. The number of aliphatic hydroxyl groups is 1. The number of rotatable bonds is 3. The van der Waals surface area contributed by atoms with Crippen LogP contribution in [0.5, 0.6) is 0 Å². The minimum atomic E-state index is -1.51. The average Bonchev–Trinajstić information content (AvgIpc) is 2.68. The van der Waals surface area contributed by atoms with Crippen LogP contribution in [0, 0.1) is 0 Å². The number of anilines is 1. The van der Waals surface area contributed by atoms with Gasteiger partial charge in [0.15, 0.2) is 0 Å². The molecular formula is C12H19BN2O3. The maximum absolute atomic E-state index is 10.0. The van der Waals surface area contributed by atoms with Crippen molar-refractivity contribution < 1.29 is 15.2 Å². The van der Waals surface area contributed by atoms with Gasteiger partial charge in [-0.15, -0.1) is 0 Å². The van der Waals surface area contributed by atoms with Crippen molar-refractivity contribution in [2.45, 2.75) is 32.3 Å². The number of aromatic nitrogens is 1. The van der Waals surface area contributed by atoms with E-state index in [4.69, 9.17) is 0 Å². The highest BCUT2D eigenvalue weighted by molar-refractivity contribution is 6.58. The quantitative estimate of drug-likeness (QED) is 0.617. The van der Waals surface area contributed by atoms with Gasteiger partial charge in [-0.1, -0.05) is 6.92 Å². The molecule has 0 radical (unpaired) electrons. The van der Waals surface area contributed by atoms with Crippen LogP contribution in [0.2, 0.25) is 0 Å². The fraction of sp³-hybridized carbons (Fsp3) is 0.583. The lowest BCUT2D eigenvalue weighted by atomic mass is 9.81. The van der Waals surface area contributed by atoms with Crippen molar-refractivity contribution in [2.24, 2.45) is 0 Å². The van der Waals surface area contributed by atoms with Gasteiger partial charge < -0.3 is 20.1 Å². The second kappa shape index (κ2) is 4.88. The van der Waals surface area contributed by atoms with E-state index in [-0.39, 0.29) is 0 Å². The molecule has 0 aliphatic carbocycles. The zero-order chi connectivity index (χ0) is 13.3. The van der Waals surface area contributed by atoms with Gasteiger partial charge in [-0.25, -0.2) is 0 Å². The largest absolute Gasteiger partial charge is 0.490 e. The topological polar surface area (TPSA) is 76.8 Å². The third-order valence-electron chi connectivity index (χ3n) is 3.39. The summed E-state index contributed by atoms with van der Waals surface area (Å²) in [5.74, 6) is 0. The Kier molecular flexibility index (Phi) is 3.61. The highest BCUT2D eigenvalue weighted by Crippen LogP contribution is 2.27. The summed E-state index contributed by atoms with van der Waals surface area (Å²) in [6, 6.07) is 1.75. The van der Waals surface area contributed by atoms with Crippen LogP contribution in [0.1, 0.15) is 26.0 Å². The molecular weight excluding hydrogens is 231 g/mol. The molecule has 1 fully saturated rings. The summed E-state index contributed by atoms with van der Waals surface area (Å²) < 4.78 is 0. The maximum Gasteiger partial charge on any atom is 0.490 e. The fourth-order valence-corrected chi connectivity index (χ4v) is 2.34. The SMILES string of the molecule is CCc1ncc(B(O)O)cc1N1CC[C@@](C)(O)C1. The van der Waals surface area contributed by atoms with Gasteiger partial charge in [-0.05, 0) is 25.8 Å². The summed E-state index contributed by atoms with van der Waals surface area (Å²) in [5, 5.41) is 28.4. The summed E-state index contributed by atoms with van der Waals surface area (Å²) >= 11 is 0. The molecule has 2 rings (SSSR count). The van der Waals surface area contributed by atoms with Crippen LogP contribution in [0.25, 0.3) is 0 Å². The normalized spacial score (nSPS) is 23.5. The van der Waals surface area contributed by atoms with E-state index in [1.807, 2.05) is 13.8 Å². The van der Waals surface area contributed by atoms with E-state index in [0.717, 1.165) is 24.3 Å². The van der Waals surface area contributed by atoms with Crippen molar-refractivity contribution in [1.29, 1.82) is 0 Å². The van der Waals surface area contributed by atoms with Crippen LogP contribution in [-0.2, 0) is 6.42 Å². The standard InChI is InChI=1S/C12H19BN2O3/c1-3-10-11(6-9(7-14-10)13(17)18)15-5-4-12(2,16)8-15/h6-7,16-18H,3-5,8H2,1-2H3/t12-/m1/s1. The molecule has 1 aliphatic heterocycles. The lowest BCUT2D eigenvalue weighted by molar-refractivity contribution is 0.0839. The minimum Gasteiger partial charge on any atom is -0.423 e. The highest BCUT2D eigenvalue weighted by Gasteiger charge is 2.32. The Hall–Kier alpha value is -1.11. The smallest absolute Gasteiger partial charge is 0.423 e. The van der Waals surface area contributed by atoms with E-state index in [0.29, 0.717) is 18.4 Å². The molecule has 1 aromatic heterocycles. The molecule has 3 N–H and O–H groups in total. The molecule has 2 heterocycles. The van der Waals surface area contributed by atoms with E-state index in [2.05, 4.69) is 9.88 Å². The van der Waals surface area contributed by atoms with Crippen LogP contribution in [0.4, 0.5) is 5.69 Å². The Labute approximate surface area is 107 Å². The molecule has 0 amide bonds. The zero-order valence-corrected chi connectivity index (χ0v) is 10.8. The average molecular weight is 250 g/mol. The summed E-state index contributed by atoms with van der Waals surface area (Å²) in [6.07, 6.45) is 2.97. The first-order chi connectivity index (χ1) is 8.43. The summed E-state index contributed by atoms with van der Waals surface area (Å²) in [4.78, 5) is 6.32. The number of β-amino-alcohol motifs (C(OH)–C–C–N with tert-alkyl or cyclic N) is 1. The van der Waals surface area contributed by atoms with E-state index < -0.39 is 12.7 Å². The molecule has 0 spiro atoms. The first-order valence-corrected chi connectivity index (χ1v) is 6.25. The van der Waals surface area contributed by atoms with Gasteiger partial charge in [0.25, 0.3) is 0 Å². The van der Waals surface area contributed by atoms with Gasteiger partial charge >= 0.3 is 7.12 Å². The van der Waals surface area contributed by atoms with E-state index in [1.54, 1.807) is 6.07 Å². The van der Waals surface area contributed by atoms with Crippen LogP contribution < -0.4 is 10.4 Å². The van der Waals surface area contributed by atoms with Crippen molar-refractivity contribution in [3.8, 4) is 0 Å². The molecule has 5 nitrogen and oxygen atoms in total. The molecule has 0 saturated carbocycles. The number of aryl methyl sites for hydroxylation is 1. The number of pyridine rings is 1. The van der Waals surface area contributed by atoms with E-state index >= 15 is 0 Å². The monoisotopic (exact) mass is 250 g/mol. The molecule has 1 aromatic rings. The highest BCUT2D eigenvalue weighted by atomic mass is 16.4. The Morgan fingerprint density at radius 2 is 2.22 bits per heavy atom. The summed E-state index contributed by atoms with van der Waals surface area (Å²) in [5.41, 5.74) is 1.51. The number of hydrogen-bond donors (Lipinski definition) is 3. The molecule has 98 valence electrons. The van der Waals surface area contributed by atoms with Crippen molar-refractivity contribution in [2.75, 3.05) is 18.0 Å². The van der Waals surface area contributed by atoms with Crippen LogP contribution >= 0.6 is 0 Å². The lowest BCUT2D eigenvalue weighted by Gasteiger charge is -2.23. The summed E-state index contributed by atoms with van der Waals surface area (Å²) in [6.45, 7) is 5.13. The van der Waals surface area contributed by atoms with E-state index in [9.17, 15) is 15.2 Å². The minimum absolute atomic E-state index is 0.383. The van der Waals surface area contributed by atoms with Gasteiger partial charge in [-0.2, -0.15) is 0 Å². The second-order valence-corrected chi connectivity index (χ2v) is 5.13. The summed E-state index contributed by atoms with van der Waals surface area (Å²) in [7, 11) is -1.51. The van der Waals surface area contributed by atoms with Crippen molar-refractivity contribution in [3.05, 3.63) is 18.0 Å².